The van der Waals surface area contributed by atoms with Crippen molar-refractivity contribution in [1.82, 2.24) is 0 Å². The van der Waals surface area contributed by atoms with Gasteiger partial charge in [-0.15, -0.1) is 0 Å². The Morgan fingerprint density at radius 2 is 0.943 bits per heavy atom. The average molecular weight is 534 g/mol. The van der Waals surface area contributed by atoms with E-state index in [-0.39, 0.29) is 0 Å². The molecule has 0 aliphatic carbocycles. The second-order valence-electron chi connectivity index (χ2n) is 9.98. The van der Waals surface area contributed by atoms with E-state index in [0.29, 0.717) is 0 Å². The first-order valence-electron chi connectivity index (χ1n) is 13.7. The van der Waals surface area contributed by atoms with E-state index in [0.717, 1.165) is 0 Å². The summed E-state index contributed by atoms with van der Waals surface area (Å²) < 4.78 is 61.8. The summed E-state index contributed by atoms with van der Waals surface area (Å²) in [5, 5.41) is 0. The van der Waals surface area contributed by atoms with Crippen LogP contribution >= 0.6 is 7.81 Å². The van der Waals surface area contributed by atoms with Gasteiger partial charge in [-0.3, -0.25) is 0 Å². The molecule has 210 valence electrons. The van der Waals surface area contributed by atoms with Crippen molar-refractivity contribution < 1.29 is 29.7 Å². The third-order valence-corrected chi connectivity index (χ3v) is 6.13. The quantitative estimate of drug-likeness (QED) is 0.0765. The molecule has 0 amide bonds. The minimum absolute atomic E-state index is 1.22. The maximum atomic E-state index is 9.87. The fourth-order valence-corrected chi connectivity index (χ4v) is 4.39. The van der Waals surface area contributed by atoms with Gasteiger partial charge < -0.3 is 0 Å². The Bertz CT molecular complexity index is 677. The van der Waals surface area contributed by atoms with Crippen LogP contribution in [0.5, 0.6) is 0 Å². The maximum absolute atomic E-state index is 10.7. The second-order valence-corrected chi connectivity index (χ2v) is 11.9. The van der Waals surface area contributed by atoms with Crippen LogP contribution in [0.25, 0.3) is 0 Å². The first kappa shape index (κ1) is 34.2. The molecule has 1 nitrogen and oxygen atoms in total. The van der Waals surface area contributed by atoms with Gasteiger partial charge in [-0.25, -0.2) is 4.57 Å². The van der Waals surface area contributed by atoms with Gasteiger partial charge in [-0.1, -0.05) is 97.3 Å². The van der Waals surface area contributed by atoms with E-state index in [4.69, 9.17) is 0 Å². The van der Waals surface area contributed by atoms with Crippen LogP contribution in [0.4, 0.5) is 25.2 Å². The topological polar surface area (TPSA) is 3.88 Å². The number of rotatable bonds is 18. The zero-order valence-electron chi connectivity index (χ0n) is 22.5. The number of hydrogen-bond donors (Lipinski definition) is 0. The molecule has 8 heteroatoms. The van der Waals surface area contributed by atoms with E-state index in [9.17, 15) is 25.2 Å². The third kappa shape index (κ3) is 26.0. The molecule has 0 aliphatic rings. The van der Waals surface area contributed by atoms with Crippen LogP contribution in [0.15, 0.2) is 12.1 Å². The monoisotopic (exact) mass is 533 g/mol. The molecule has 1 aromatic rings. The zero-order valence-corrected chi connectivity index (χ0v) is 23.4. The molecule has 0 spiro atoms. The number of unbranched alkanes of at least 4 members (excludes halogenated alkanes) is 14. The Kier molecular flexibility index (Phi) is 15.7. The summed E-state index contributed by atoms with van der Waals surface area (Å²) in [5.74, 6) is 0. The van der Waals surface area contributed by atoms with Gasteiger partial charge in [0.1, 0.15) is 6.54 Å². The van der Waals surface area contributed by atoms with Gasteiger partial charge in [0.2, 0.25) is 0 Å². The molecule has 0 aliphatic heterocycles. The average Bonchev–Trinajstić information content (AvgIpc) is 2.71. The number of pyridine rings is 1. The third-order valence-electron chi connectivity index (χ3n) is 6.13. The number of halogens is 6. The summed E-state index contributed by atoms with van der Waals surface area (Å²) >= 11 is 0. The van der Waals surface area contributed by atoms with Gasteiger partial charge in [-0.05, 0) is 25.3 Å². The van der Waals surface area contributed by atoms with Crippen LogP contribution in [0.2, 0.25) is 0 Å². The summed E-state index contributed by atoms with van der Waals surface area (Å²) in [6, 6.07) is 4.81. The van der Waals surface area contributed by atoms with Crippen molar-refractivity contribution in [3.8, 4) is 0 Å². The van der Waals surface area contributed by atoms with E-state index in [1.807, 2.05) is 0 Å². The van der Waals surface area contributed by atoms with Crippen LogP contribution in [0.1, 0.15) is 134 Å². The van der Waals surface area contributed by atoms with Crippen LogP contribution in [-0.4, -0.2) is 0 Å². The fraction of sp³-hybridized carbons (Fsp3) is 0.815. The van der Waals surface area contributed by atoms with Crippen molar-refractivity contribution in [2.45, 2.75) is 143 Å². The predicted molar refractivity (Wildman–Crippen MR) is 139 cm³/mol. The number of aromatic nitrogens is 1. The van der Waals surface area contributed by atoms with E-state index >= 15 is 0 Å². The molecule has 0 aromatic carbocycles. The number of nitrogens with zero attached hydrogens (tertiary/aromatic N) is 1. The van der Waals surface area contributed by atoms with Crippen molar-refractivity contribution in [2.75, 3.05) is 0 Å². The van der Waals surface area contributed by atoms with Gasteiger partial charge in [-0.2, -0.15) is 0 Å². The molecule has 0 atom stereocenters. The standard InChI is InChI=1S/C27H50N.F6P/c1-5-7-9-11-13-15-17-19-21-27-24-25(3)23-26(4)28(27)22-20-18-16-14-12-10-8-6-2;1-7(2,3,4,5)6/h23-24H,5-22H2,1-4H3;/q+1;-1. The fourth-order valence-electron chi connectivity index (χ4n) is 4.39. The van der Waals surface area contributed by atoms with Crippen molar-refractivity contribution in [1.29, 1.82) is 0 Å². The zero-order chi connectivity index (χ0) is 26.9. The molecule has 0 saturated carbocycles. The summed E-state index contributed by atoms with van der Waals surface area (Å²) in [7, 11) is -10.7. The van der Waals surface area contributed by atoms with Gasteiger partial charge in [0.15, 0.2) is 11.4 Å². The summed E-state index contributed by atoms with van der Waals surface area (Å²) in [5.41, 5.74) is 4.46. The molecule has 0 saturated heterocycles. The molecule has 0 N–H and O–H groups in total. The van der Waals surface area contributed by atoms with Crippen molar-refractivity contribution in [3.05, 3.63) is 29.1 Å². The second kappa shape index (κ2) is 16.1. The van der Waals surface area contributed by atoms with Gasteiger partial charge in [0.05, 0.1) is 0 Å². The molecule has 1 rings (SSSR count). The Hall–Kier alpha value is -0.840. The molecule has 1 aromatic heterocycles. The molecule has 35 heavy (non-hydrogen) atoms. The summed E-state index contributed by atoms with van der Waals surface area (Å²) in [4.78, 5) is 0. The molecule has 0 unspecified atom stereocenters. The Balaban J connectivity index is 0.00000143. The minimum atomic E-state index is -10.7. The summed E-state index contributed by atoms with van der Waals surface area (Å²) in [6.45, 7) is 10.4. The Morgan fingerprint density at radius 3 is 1.37 bits per heavy atom. The predicted octanol–water partition coefficient (Wildman–Crippen LogP) is 11.8. The molecular formula is C27H50F6NP. The number of hydrogen-bond acceptors (Lipinski definition) is 0. The molecule has 0 radical (unpaired) electrons. The Labute approximate surface area is 210 Å². The Morgan fingerprint density at radius 1 is 0.571 bits per heavy atom. The molecular weight excluding hydrogens is 483 g/mol. The van der Waals surface area contributed by atoms with E-state index in [1.54, 1.807) is 5.69 Å². The van der Waals surface area contributed by atoms with Crippen LogP contribution in [-0.2, 0) is 13.0 Å². The van der Waals surface area contributed by atoms with E-state index in [1.165, 1.54) is 127 Å². The van der Waals surface area contributed by atoms with E-state index < -0.39 is 7.81 Å². The van der Waals surface area contributed by atoms with Gasteiger partial charge in [0.25, 0.3) is 0 Å². The van der Waals surface area contributed by atoms with Gasteiger partial charge >= 0.3 is 33.0 Å². The van der Waals surface area contributed by atoms with Gasteiger partial charge in [0, 0.05) is 31.9 Å². The summed E-state index contributed by atoms with van der Waals surface area (Å²) in [6.07, 6.45) is 23.7. The first-order chi connectivity index (χ1) is 16.1. The van der Waals surface area contributed by atoms with Crippen molar-refractivity contribution in [2.24, 2.45) is 0 Å². The van der Waals surface area contributed by atoms with Crippen LogP contribution in [0, 0.1) is 13.8 Å². The van der Waals surface area contributed by atoms with Crippen molar-refractivity contribution in [3.63, 3.8) is 0 Å². The molecule has 0 bridgehead atoms. The normalized spacial score (nSPS) is 13.7. The first-order valence-corrected chi connectivity index (χ1v) is 15.7. The number of aryl methyl sites for hydroxylation is 3. The molecule has 0 fully saturated rings. The van der Waals surface area contributed by atoms with Crippen LogP contribution in [0.3, 0.4) is 0 Å². The van der Waals surface area contributed by atoms with Crippen molar-refractivity contribution >= 4 is 7.81 Å². The van der Waals surface area contributed by atoms with Crippen LogP contribution < -0.4 is 4.57 Å². The van der Waals surface area contributed by atoms with E-state index in [2.05, 4.69) is 44.4 Å². The SMILES string of the molecule is CCCCCCCCCCc1cc(C)cc(C)[n+]1CCCCCCCCCC.F[P-](F)(F)(F)(F)F. The molecule has 1 heterocycles.